The van der Waals surface area contributed by atoms with E-state index in [1.165, 1.54) is 12.1 Å². The summed E-state index contributed by atoms with van der Waals surface area (Å²) < 4.78 is 10.9. The Kier molecular flexibility index (Phi) is 9.36. The van der Waals surface area contributed by atoms with Crippen LogP contribution < -0.4 is 9.64 Å². The van der Waals surface area contributed by atoms with Crippen LogP contribution in [0.2, 0.25) is 0 Å². The van der Waals surface area contributed by atoms with E-state index in [9.17, 15) is 15.1 Å². The summed E-state index contributed by atoms with van der Waals surface area (Å²) in [5, 5.41) is 23.4. The zero-order valence-corrected chi connectivity index (χ0v) is 21.4. The van der Waals surface area contributed by atoms with Crippen molar-refractivity contribution >= 4 is 17.4 Å². The molecule has 0 aliphatic carbocycles. The molecular formula is C27H38N2O5. The maximum Gasteiger partial charge on any atom is 0.341 e. The van der Waals surface area contributed by atoms with Crippen LogP contribution in [0.4, 0.5) is 5.69 Å². The molecule has 34 heavy (non-hydrogen) atoms. The van der Waals surface area contributed by atoms with Gasteiger partial charge in [-0.2, -0.15) is 0 Å². The Morgan fingerprint density at radius 2 is 1.76 bits per heavy atom. The number of ether oxygens (including phenoxy) is 2. The second-order valence-corrected chi connectivity index (χ2v) is 9.66. The number of phenolic OH excluding ortho intramolecular Hbond substituents is 1. The van der Waals surface area contributed by atoms with Gasteiger partial charge in [-0.25, -0.2) is 4.79 Å². The van der Waals surface area contributed by atoms with E-state index in [1.54, 1.807) is 6.07 Å². The molecule has 7 heteroatoms. The first-order chi connectivity index (χ1) is 16.0. The fourth-order valence-electron chi connectivity index (χ4n) is 3.57. The quantitative estimate of drug-likeness (QED) is 0.203. The van der Waals surface area contributed by atoms with E-state index in [2.05, 4.69) is 50.7 Å². The molecule has 0 fully saturated rings. The molecule has 2 N–H and O–H groups in total. The lowest BCUT2D eigenvalue weighted by Crippen LogP contribution is -2.27. The van der Waals surface area contributed by atoms with E-state index >= 15 is 0 Å². The Balaban J connectivity index is 2.21. The summed E-state index contributed by atoms with van der Waals surface area (Å²) >= 11 is 0. The van der Waals surface area contributed by atoms with E-state index in [-0.39, 0.29) is 35.9 Å². The first-order valence-electron chi connectivity index (χ1n) is 11.7. The average Bonchev–Trinajstić information content (AvgIpc) is 2.78. The van der Waals surface area contributed by atoms with Gasteiger partial charge in [0.25, 0.3) is 0 Å². The summed E-state index contributed by atoms with van der Waals surface area (Å²) in [7, 11) is 0. The fraction of sp³-hybridized carbons (Fsp3) is 0.481. The lowest BCUT2D eigenvalue weighted by atomic mass is 9.84. The minimum absolute atomic E-state index is 0.0126. The second kappa shape index (κ2) is 11.8. The van der Waals surface area contributed by atoms with E-state index < -0.39 is 5.97 Å². The van der Waals surface area contributed by atoms with Crippen LogP contribution in [0.15, 0.2) is 41.6 Å². The lowest BCUT2D eigenvalue weighted by Gasteiger charge is -2.30. The molecule has 0 saturated heterocycles. The van der Waals surface area contributed by atoms with Gasteiger partial charge in [0, 0.05) is 30.4 Å². The molecular weight excluding hydrogens is 432 g/mol. The van der Waals surface area contributed by atoms with Gasteiger partial charge in [0.15, 0.2) is 0 Å². The molecule has 0 aromatic heterocycles. The second-order valence-electron chi connectivity index (χ2n) is 9.66. The van der Waals surface area contributed by atoms with Gasteiger partial charge in [-0.1, -0.05) is 45.8 Å². The molecule has 0 amide bonds. The third-order valence-electron chi connectivity index (χ3n) is 5.48. The number of hydrogen-bond acceptors (Lipinski definition) is 7. The number of oxime groups is 1. The largest absolute Gasteiger partial charge is 0.507 e. The maximum absolute atomic E-state index is 12.1. The van der Waals surface area contributed by atoms with Crippen molar-refractivity contribution in [2.24, 2.45) is 11.1 Å². The van der Waals surface area contributed by atoms with Gasteiger partial charge in [0.1, 0.15) is 29.4 Å². The third-order valence-corrected chi connectivity index (χ3v) is 5.48. The highest BCUT2D eigenvalue weighted by molar-refractivity contribution is 6.02. The van der Waals surface area contributed by atoms with E-state index in [4.69, 9.17) is 9.47 Å². The number of phenols is 1. The van der Waals surface area contributed by atoms with Gasteiger partial charge in [-0.3, -0.25) is 0 Å². The highest BCUT2D eigenvalue weighted by atomic mass is 16.5. The van der Waals surface area contributed by atoms with Crippen LogP contribution in [0, 0.1) is 5.92 Å². The van der Waals surface area contributed by atoms with Crippen molar-refractivity contribution in [1.29, 1.82) is 0 Å². The minimum Gasteiger partial charge on any atom is -0.507 e. The van der Waals surface area contributed by atoms with Crippen molar-refractivity contribution in [2.45, 2.75) is 53.9 Å². The predicted octanol–water partition coefficient (Wildman–Crippen LogP) is 5.61. The summed E-state index contributed by atoms with van der Waals surface area (Å²) in [6.45, 7) is 16.6. The van der Waals surface area contributed by atoms with Crippen LogP contribution in [-0.4, -0.2) is 48.3 Å². The summed E-state index contributed by atoms with van der Waals surface area (Å²) in [5.41, 5.74) is 3.38. The molecule has 2 aromatic rings. The van der Waals surface area contributed by atoms with Crippen molar-refractivity contribution in [1.82, 2.24) is 0 Å². The van der Waals surface area contributed by atoms with Gasteiger partial charge in [0.2, 0.25) is 0 Å². The van der Waals surface area contributed by atoms with Crippen molar-refractivity contribution < 1.29 is 24.6 Å². The van der Waals surface area contributed by atoms with Crippen molar-refractivity contribution in [3.8, 4) is 11.5 Å². The standard InChI is InChI=1S/C27H38N2O5/c1-8-29(9-2)24-13-10-19(14-22(24)27(5,6)7)23(28-32)17-33-20-11-12-21(25(30)15-20)26(31)34-16-18(3)4/h10-15,18,30,32H,8-9,16-17H2,1-7H3. The van der Waals surface area contributed by atoms with Gasteiger partial charge >= 0.3 is 5.97 Å². The first-order valence-corrected chi connectivity index (χ1v) is 11.7. The summed E-state index contributed by atoms with van der Waals surface area (Å²) in [6.07, 6.45) is 0. The summed E-state index contributed by atoms with van der Waals surface area (Å²) in [6, 6.07) is 10.4. The van der Waals surface area contributed by atoms with Crippen LogP contribution in [0.1, 0.15) is 70.0 Å². The van der Waals surface area contributed by atoms with E-state index in [0.717, 1.165) is 29.9 Å². The molecule has 0 bridgehead atoms. The van der Waals surface area contributed by atoms with Crippen LogP contribution >= 0.6 is 0 Å². The third kappa shape index (κ3) is 6.89. The Bertz CT molecular complexity index is 1000. The smallest absolute Gasteiger partial charge is 0.341 e. The topological polar surface area (TPSA) is 91.6 Å². The molecule has 0 aliphatic heterocycles. The number of nitrogens with zero attached hydrogens (tertiary/aromatic N) is 2. The zero-order chi connectivity index (χ0) is 25.5. The highest BCUT2D eigenvalue weighted by Crippen LogP contribution is 2.33. The van der Waals surface area contributed by atoms with Crippen LogP contribution in [0.5, 0.6) is 11.5 Å². The zero-order valence-electron chi connectivity index (χ0n) is 21.4. The number of esters is 1. The molecule has 0 radical (unpaired) electrons. The number of anilines is 1. The van der Waals surface area contributed by atoms with Gasteiger partial charge in [0.05, 0.1) is 6.61 Å². The summed E-state index contributed by atoms with van der Waals surface area (Å²) in [4.78, 5) is 14.4. The molecule has 2 aromatic carbocycles. The molecule has 0 spiro atoms. The summed E-state index contributed by atoms with van der Waals surface area (Å²) in [5.74, 6) is -0.273. The predicted molar refractivity (Wildman–Crippen MR) is 136 cm³/mol. The maximum atomic E-state index is 12.1. The Morgan fingerprint density at radius 3 is 2.29 bits per heavy atom. The average molecular weight is 471 g/mol. The molecule has 186 valence electrons. The Labute approximate surface area is 203 Å². The van der Waals surface area contributed by atoms with Crippen molar-refractivity contribution in [3.63, 3.8) is 0 Å². The highest BCUT2D eigenvalue weighted by Gasteiger charge is 2.22. The molecule has 0 atom stereocenters. The molecule has 2 rings (SSSR count). The number of benzene rings is 2. The molecule has 0 unspecified atom stereocenters. The van der Waals surface area contributed by atoms with E-state index in [1.807, 2.05) is 26.0 Å². The number of hydrogen-bond donors (Lipinski definition) is 2. The molecule has 7 nitrogen and oxygen atoms in total. The Hall–Kier alpha value is -3.22. The first kappa shape index (κ1) is 27.0. The van der Waals surface area contributed by atoms with Gasteiger partial charge < -0.3 is 24.7 Å². The van der Waals surface area contributed by atoms with Gasteiger partial charge in [-0.05, 0) is 55.0 Å². The fourth-order valence-corrected chi connectivity index (χ4v) is 3.57. The molecule has 0 aliphatic rings. The number of carbonyl (C=O) groups is 1. The Morgan fingerprint density at radius 1 is 1.09 bits per heavy atom. The van der Waals surface area contributed by atoms with Crippen LogP contribution in [-0.2, 0) is 10.2 Å². The van der Waals surface area contributed by atoms with Crippen molar-refractivity contribution in [3.05, 3.63) is 53.1 Å². The van der Waals surface area contributed by atoms with Crippen LogP contribution in [0.3, 0.4) is 0 Å². The monoisotopic (exact) mass is 470 g/mol. The normalized spacial score (nSPS) is 12.1. The SMILES string of the molecule is CCN(CC)c1ccc(C(COc2ccc(C(=O)OCC(C)C)c(O)c2)=NO)cc1C(C)(C)C. The minimum atomic E-state index is -0.585. The molecule has 0 saturated carbocycles. The number of aromatic hydroxyl groups is 1. The molecule has 0 heterocycles. The van der Waals surface area contributed by atoms with Gasteiger partial charge in [-0.15, -0.1) is 0 Å². The lowest BCUT2D eigenvalue weighted by molar-refractivity contribution is 0.0455. The van der Waals surface area contributed by atoms with Crippen molar-refractivity contribution in [2.75, 3.05) is 31.2 Å². The van der Waals surface area contributed by atoms with Crippen LogP contribution in [0.25, 0.3) is 0 Å². The number of rotatable bonds is 10. The number of carbonyl (C=O) groups excluding carboxylic acids is 1. The van der Waals surface area contributed by atoms with E-state index in [0.29, 0.717) is 11.5 Å².